The van der Waals surface area contributed by atoms with Crippen molar-refractivity contribution < 1.29 is 9.72 Å². The summed E-state index contributed by atoms with van der Waals surface area (Å²) in [6, 6.07) is 4.00. The van der Waals surface area contributed by atoms with Crippen LogP contribution in [0.3, 0.4) is 0 Å². The second kappa shape index (κ2) is 5.79. The van der Waals surface area contributed by atoms with Crippen LogP contribution in [0.25, 0.3) is 10.9 Å². The van der Waals surface area contributed by atoms with Crippen molar-refractivity contribution in [1.82, 2.24) is 14.9 Å². The van der Waals surface area contributed by atoms with Gasteiger partial charge in [0.05, 0.1) is 22.2 Å². The molecular formula is C15H16N4O4. The number of aromatic nitrogens is 2. The number of benzene rings is 1. The van der Waals surface area contributed by atoms with Gasteiger partial charge in [0.1, 0.15) is 6.54 Å². The number of amides is 1. The standard InChI is InChI=1S/C15H16N4O4/c1-9(10-2-3-10)17-14(20)7-18-8-16-13-5-4-11(19(22)23)6-12(13)15(18)21/h4-6,8-10H,2-3,7H2,1H3,(H,17,20). The third kappa shape index (κ3) is 3.20. The molecule has 1 unspecified atom stereocenters. The SMILES string of the molecule is CC(NC(=O)Cn1cnc2ccc([N+](=O)[O-])cc2c1=O)C1CC1. The molecule has 1 aromatic heterocycles. The molecule has 1 saturated carbocycles. The van der Waals surface area contributed by atoms with Gasteiger partial charge < -0.3 is 5.32 Å². The number of non-ortho nitro benzene ring substituents is 1. The van der Waals surface area contributed by atoms with E-state index in [4.69, 9.17) is 0 Å². The molecule has 0 spiro atoms. The third-order valence-corrected chi connectivity index (χ3v) is 4.05. The van der Waals surface area contributed by atoms with Crippen molar-refractivity contribution in [1.29, 1.82) is 0 Å². The van der Waals surface area contributed by atoms with E-state index in [1.165, 1.54) is 29.1 Å². The van der Waals surface area contributed by atoms with Crippen molar-refractivity contribution in [2.75, 3.05) is 0 Å². The van der Waals surface area contributed by atoms with Crippen molar-refractivity contribution in [3.63, 3.8) is 0 Å². The van der Waals surface area contributed by atoms with E-state index in [1.54, 1.807) is 0 Å². The predicted molar refractivity (Wildman–Crippen MR) is 83.0 cm³/mol. The average molecular weight is 316 g/mol. The Balaban J connectivity index is 1.85. The molecule has 1 amide bonds. The van der Waals surface area contributed by atoms with Gasteiger partial charge >= 0.3 is 0 Å². The number of carbonyl (C=O) groups excluding carboxylic acids is 1. The molecule has 1 aliphatic carbocycles. The Morgan fingerprint density at radius 1 is 1.52 bits per heavy atom. The highest BCUT2D eigenvalue weighted by atomic mass is 16.6. The predicted octanol–water partition coefficient (Wildman–Crippen LogP) is 1.22. The molecule has 8 nitrogen and oxygen atoms in total. The molecule has 23 heavy (non-hydrogen) atoms. The Morgan fingerprint density at radius 3 is 2.91 bits per heavy atom. The molecule has 120 valence electrons. The van der Waals surface area contributed by atoms with Crippen LogP contribution < -0.4 is 10.9 Å². The molecule has 0 bridgehead atoms. The molecule has 0 aliphatic heterocycles. The van der Waals surface area contributed by atoms with E-state index in [0.717, 1.165) is 12.8 Å². The highest BCUT2D eigenvalue weighted by Gasteiger charge is 2.28. The molecule has 1 aromatic carbocycles. The maximum atomic E-state index is 12.4. The second-order valence-corrected chi connectivity index (χ2v) is 5.83. The van der Waals surface area contributed by atoms with E-state index in [0.29, 0.717) is 11.4 Å². The molecule has 1 fully saturated rings. The highest BCUT2D eigenvalue weighted by Crippen LogP contribution is 2.32. The van der Waals surface area contributed by atoms with Gasteiger partial charge in [0.15, 0.2) is 0 Å². The van der Waals surface area contributed by atoms with Gasteiger partial charge in [-0.25, -0.2) is 4.98 Å². The number of carbonyl (C=O) groups is 1. The maximum absolute atomic E-state index is 12.4. The third-order valence-electron chi connectivity index (χ3n) is 4.05. The minimum Gasteiger partial charge on any atom is -0.352 e. The molecule has 8 heteroatoms. The lowest BCUT2D eigenvalue weighted by Gasteiger charge is -2.13. The molecule has 1 aliphatic rings. The van der Waals surface area contributed by atoms with Gasteiger partial charge in [0, 0.05) is 18.2 Å². The lowest BCUT2D eigenvalue weighted by Crippen LogP contribution is -2.38. The summed E-state index contributed by atoms with van der Waals surface area (Å²) in [7, 11) is 0. The Labute approximate surface area is 131 Å². The Bertz CT molecular complexity index is 841. The maximum Gasteiger partial charge on any atom is 0.270 e. The van der Waals surface area contributed by atoms with Gasteiger partial charge in [-0.15, -0.1) is 0 Å². The minimum atomic E-state index is -0.569. The largest absolute Gasteiger partial charge is 0.352 e. The van der Waals surface area contributed by atoms with E-state index in [1.807, 2.05) is 6.92 Å². The summed E-state index contributed by atoms with van der Waals surface area (Å²) in [5.41, 5.74) is -0.280. The average Bonchev–Trinajstić information content (AvgIpc) is 3.34. The van der Waals surface area contributed by atoms with Crippen molar-refractivity contribution >= 4 is 22.5 Å². The van der Waals surface area contributed by atoms with E-state index < -0.39 is 10.5 Å². The number of fused-ring (bicyclic) bond motifs is 1. The van der Waals surface area contributed by atoms with Crippen molar-refractivity contribution in [2.24, 2.45) is 5.92 Å². The van der Waals surface area contributed by atoms with Gasteiger partial charge in [-0.3, -0.25) is 24.3 Å². The molecule has 2 aromatic rings. The summed E-state index contributed by atoms with van der Waals surface area (Å²) < 4.78 is 1.17. The van der Waals surface area contributed by atoms with Gasteiger partial charge in [-0.05, 0) is 31.7 Å². The number of nitro groups is 1. The monoisotopic (exact) mass is 316 g/mol. The molecule has 0 radical (unpaired) electrons. The van der Waals surface area contributed by atoms with Crippen LogP contribution in [0.15, 0.2) is 29.3 Å². The second-order valence-electron chi connectivity index (χ2n) is 5.83. The van der Waals surface area contributed by atoms with Crippen LogP contribution in [0.4, 0.5) is 5.69 Å². The van der Waals surface area contributed by atoms with Gasteiger partial charge in [-0.1, -0.05) is 0 Å². The number of nitrogens with one attached hydrogen (secondary N) is 1. The summed E-state index contributed by atoms with van der Waals surface area (Å²) in [6.45, 7) is 1.79. The van der Waals surface area contributed by atoms with Crippen molar-refractivity contribution in [3.8, 4) is 0 Å². The van der Waals surface area contributed by atoms with Crippen LogP contribution in [0.1, 0.15) is 19.8 Å². The number of rotatable bonds is 5. The lowest BCUT2D eigenvalue weighted by molar-refractivity contribution is -0.384. The molecular weight excluding hydrogens is 300 g/mol. The normalized spacial score (nSPS) is 15.3. The van der Waals surface area contributed by atoms with E-state index in [2.05, 4.69) is 10.3 Å². The minimum absolute atomic E-state index is 0.0905. The fraction of sp³-hybridized carbons (Fsp3) is 0.400. The Hall–Kier alpha value is -2.77. The topological polar surface area (TPSA) is 107 Å². The van der Waals surface area contributed by atoms with Crippen LogP contribution in [0.2, 0.25) is 0 Å². The van der Waals surface area contributed by atoms with Crippen LogP contribution in [-0.2, 0) is 11.3 Å². The lowest BCUT2D eigenvalue weighted by atomic mass is 10.2. The molecule has 1 heterocycles. The summed E-state index contributed by atoms with van der Waals surface area (Å²) in [6.07, 6.45) is 3.52. The molecule has 1 atom stereocenters. The first-order chi connectivity index (χ1) is 11.0. The summed E-state index contributed by atoms with van der Waals surface area (Å²) >= 11 is 0. The zero-order valence-electron chi connectivity index (χ0n) is 12.6. The summed E-state index contributed by atoms with van der Waals surface area (Å²) in [5.74, 6) is 0.256. The number of nitro benzene ring substituents is 1. The highest BCUT2D eigenvalue weighted by molar-refractivity contribution is 5.81. The fourth-order valence-corrected chi connectivity index (χ4v) is 2.54. The van der Waals surface area contributed by atoms with Crippen molar-refractivity contribution in [3.05, 3.63) is 45.0 Å². The van der Waals surface area contributed by atoms with Gasteiger partial charge in [-0.2, -0.15) is 0 Å². The Morgan fingerprint density at radius 2 is 2.26 bits per heavy atom. The molecule has 3 rings (SSSR count). The molecule has 0 saturated heterocycles. The quantitative estimate of drug-likeness (QED) is 0.659. The zero-order chi connectivity index (χ0) is 16.6. The van der Waals surface area contributed by atoms with E-state index in [9.17, 15) is 19.7 Å². The fourth-order valence-electron chi connectivity index (χ4n) is 2.54. The first kappa shape index (κ1) is 15.1. The zero-order valence-corrected chi connectivity index (χ0v) is 12.6. The van der Waals surface area contributed by atoms with Crippen molar-refractivity contribution in [2.45, 2.75) is 32.4 Å². The number of nitrogens with zero attached hydrogens (tertiary/aromatic N) is 3. The van der Waals surface area contributed by atoms with Crippen LogP contribution in [-0.4, -0.2) is 26.4 Å². The van der Waals surface area contributed by atoms with Crippen LogP contribution >= 0.6 is 0 Å². The van der Waals surface area contributed by atoms with E-state index >= 15 is 0 Å². The summed E-state index contributed by atoms with van der Waals surface area (Å²) in [4.78, 5) is 38.7. The smallest absolute Gasteiger partial charge is 0.270 e. The first-order valence-electron chi connectivity index (χ1n) is 7.38. The number of hydrogen-bond donors (Lipinski definition) is 1. The van der Waals surface area contributed by atoms with Crippen LogP contribution in [0.5, 0.6) is 0 Å². The Kier molecular flexibility index (Phi) is 3.81. The van der Waals surface area contributed by atoms with Gasteiger partial charge in [0.25, 0.3) is 11.2 Å². The van der Waals surface area contributed by atoms with Gasteiger partial charge in [0.2, 0.25) is 5.91 Å². The molecule has 1 N–H and O–H groups in total. The first-order valence-corrected chi connectivity index (χ1v) is 7.38. The number of hydrogen-bond acceptors (Lipinski definition) is 5. The van der Waals surface area contributed by atoms with E-state index in [-0.39, 0.29) is 29.6 Å². The summed E-state index contributed by atoms with van der Waals surface area (Å²) in [5, 5.41) is 13.8. The van der Waals surface area contributed by atoms with Crippen LogP contribution in [0, 0.1) is 16.0 Å².